The third-order valence-corrected chi connectivity index (χ3v) is 3.03. The monoisotopic (exact) mass is 304 g/mol. The van der Waals surface area contributed by atoms with Crippen molar-refractivity contribution in [3.05, 3.63) is 21.2 Å². The van der Waals surface area contributed by atoms with E-state index in [1.165, 1.54) is 0 Å². The lowest BCUT2D eigenvalue weighted by Gasteiger charge is -2.00. The summed E-state index contributed by atoms with van der Waals surface area (Å²) in [6, 6.07) is 3.81. The molecule has 1 aromatic heterocycles. The number of ether oxygens (including phenoxy) is 1. The van der Waals surface area contributed by atoms with Crippen LogP contribution in [0.15, 0.2) is 21.2 Å². The second kappa shape index (κ2) is 3.31. The Kier molecular flexibility index (Phi) is 2.29. The molecule has 0 aliphatic heterocycles. The van der Waals surface area contributed by atoms with Gasteiger partial charge in [-0.1, -0.05) is 0 Å². The van der Waals surface area contributed by atoms with Crippen LogP contribution in [0.25, 0.3) is 10.9 Å². The number of aromatic nitrogens is 2. The number of halogens is 2. The summed E-state index contributed by atoms with van der Waals surface area (Å²) in [6.07, 6.45) is 0. The number of benzene rings is 1. The second-order valence-corrected chi connectivity index (χ2v) is 4.16. The van der Waals surface area contributed by atoms with E-state index in [4.69, 9.17) is 4.74 Å². The van der Waals surface area contributed by atoms with Crippen LogP contribution in [0, 0.1) is 0 Å². The van der Waals surface area contributed by atoms with Crippen molar-refractivity contribution < 1.29 is 4.74 Å². The number of hydrogen-bond acceptors (Lipinski definition) is 2. The average Bonchev–Trinajstić information content (AvgIpc) is 2.50. The Balaban J connectivity index is 2.87. The predicted molar refractivity (Wildman–Crippen MR) is 58.0 cm³/mol. The predicted octanol–water partition coefficient (Wildman–Crippen LogP) is 3.10. The van der Waals surface area contributed by atoms with E-state index in [1.807, 2.05) is 12.1 Å². The summed E-state index contributed by atoms with van der Waals surface area (Å²) in [4.78, 5) is 0. The molecule has 0 radical (unpaired) electrons. The Hall–Kier alpha value is -0.550. The molecule has 1 N–H and O–H groups in total. The van der Waals surface area contributed by atoms with Crippen molar-refractivity contribution >= 4 is 42.8 Å². The van der Waals surface area contributed by atoms with Gasteiger partial charge in [0.1, 0.15) is 15.9 Å². The quantitative estimate of drug-likeness (QED) is 0.879. The van der Waals surface area contributed by atoms with Crippen LogP contribution in [0.3, 0.4) is 0 Å². The fraction of sp³-hybridized carbons (Fsp3) is 0.125. The van der Waals surface area contributed by atoms with Crippen molar-refractivity contribution in [3.63, 3.8) is 0 Å². The summed E-state index contributed by atoms with van der Waals surface area (Å²) in [5.74, 6) is 0.764. The van der Waals surface area contributed by atoms with Crippen LogP contribution >= 0.6 is 31.9 Å². The Labute approximate surface area is 91.7 Å². The smallest absolute Gasteiger partial charge is 0.147 e. The number of aromatic amines is 1. The number of nitrogens with zero attached hydrogens (tertiary/aromatic N) is 1. The molecule has 68 valence electrons. The molecular weight excluding hydrogens is 300 g/mol. The summed E-state index contributed by atoms with van der Waals surface area (Å²) in [5.41, 5.74) is 0.823. The highest BCUT2D eigenvalue weighted by Gasteiger charge is 2.10. The minimum Gasteiger partial charge on any atom is -0.494 e. The molecule has 0 amide bonds. The molecule has 3 nitrogen and oxygen atoms in total. The van der Waals surface area contributed by atoms with Gasteiger partial charge in [-0.15, -0.1) is 0 Å². The first-order valence-electron chi connectivity index (χ1n) is 3.60. The van der Waals surface area contributed by atoms with E-state index in [1.54, 1.807) is 7.11 Å². The summed E-state index contributed by atoms with van der Waals surface area (Å²) < 4.78 is 7.02. The highest BCUT2D eigenvalue weighted by atomic mass is 79.9. The Bertz CT molecular complexity index is 453. The minimum atomic E-state index is 0.764. The van der Waals surface area contributed by atoms with Crippen molar-refractivity contribution in [3.8, 4) is 5.75 Å². The van der Waals surface area contributed by atoms with Gasteiger partial charge in [-0.05, 0) is 44.0 Å². The van der Waals surface area contributed by atoms with Crippen LogP contribution in [-0.4, -0.2) is 17.3 Å². The lowest BCUT2D eigenvalue weighted by Crippen LogP contribution is -1.84. The first kappa shape index (κ1) is 9.02. The molecule has 0 spiro atoms. The van der Waals surface area contributed by atoms with Gasteiger partial charge in [-0.25, -0.2) is 0 Å². The normalized spacial score (nSPS) is 10.7. The van der Waals surface area contributed by atoms with Crippen LogP contribution in [-0.2, 0) is 0 Å². The number of H-pyrrole nitrogens is 1. The maximum Gasteiger partial charge on any atom is 0.147 e. The van der Waals surface area contributed by atoms with Crippen molar-refractivity contribution in [1.29, 1.82) is 0 Å². The van der Waals surface area contributed by atoms with Gasteiger partial charge in [0, 0.05) is 4.47 Å². The van der Waals surface area contributed by atoms with Crippen molar-refractivity contribution in [2.75, 3.05) is 7.11 Å². The summed E-state index contributed by atoms with van der Waals surface area (Å²) in [6.45, 7) is 0. The highest BCUT2D eigenvalue weighted by molar-refractivity contribution is 9.11. The number of nitrogens with one attached hydrogen (secondary N) is 1. The molecule has 2 rings (SSSR count). The highest BCUT2D eigenvalue weighted by Crippen LogP contribution is 2.34. The van der Waals surface area contributed by atoms with Gasteiger partial charge in [0.15, 0.2) is 0 Å². The standard InChI is InChI=1S/C8H6Br2N2O/c1-13-5-3-2-4(9)6-7(5)11-12-8(6)10/h2-3H,1H3,(H,11,12). The number of rotatable bonds is 1. The first-order chi connectivity index (χ1) is 6.24. The molecule has 5 heteroatoms. The van der Waals surface area contributed by atoms with Crippen LogP contribution in [0.5, 0.6) is 5.75 Å². The molecule has 0 fully saturated rings. The van der Waals surface area contributed by atoms with Crippen molar-refractivity contribution in [2.24, 2.45) is 0 Å². The molecule has 0 saturated heterocycles. The maximum atomic E-state index is 5.17. The fourth-order valence-electron chi connectivity index (χ4n) is 1.19. The zero-order valence-electron chi connectivity index (χ0n) is 6.77. The molecule has 1 heterocycles. The number of methoxy groups -OCH3 is 1. The Morgan fingerprint density at radius 3 is 2.85 bits per heavy atom. The molecular formula is C8H6Br2N2O. The Morgan fingerprint density at radius 2 is 2.15 bits per heavy atom. The molecule has 1 aromatic carbocycles. The minimum absolute atomic E-state index is 0.764. The molecule has 0 aliphatic carbocycles. The number of hydrogen-bond donors (Lipinski definition) is 1. The van der Waals surface area contributed by atoms with Gasteiger partial charge in [0.05, 0.1) is 12.5 Å². The lowest BCUT2D eigenvalue weighted by molar-refractivity contribution is 0.418. The molecule has 0 unspecified atom stereocenters. The molecule has 13 heavy (non-hydrogen) atoms. The zero-order chi connectivity index (χ0) is 9.42. The third kappa shape index (κ3) is 1.36. The van der Waals surface area contributed by atoms with Gasteiger partial charge in [-0.2, -0.15) is 5.10 Å². The molecule has 0 bridgehead atoms. The van der Waals surface area contributed by atoms with E-state index in [2.05, 4.69) is 42.1 Å². The van der Waals surface area contributed by atoms with Gasteiger partial charge in [-0.3, -0.25) is 5.10 Å². The zero-order valence-corrected chi connectivity index (χ0v) is 9.94. The molecule has 0 saturated carbocycles. The average molecular weight is 306 g/mol. The van der Waals surface area contributed by atoms with Crippen LogP contribution < -0.4 is 4.74 Å². The second-order valence-electron chi connectivity index (χ2n) is 2.51. The van der Waals surface area contributed by atoms with Gasteiger partial charge < -0.3 is 4.74 Å². The van der Waals surface area contributed by atoms with E-state index >= 15 is 0 Å². The van der Waals surface area contributed by atoms with E-state index in [-0.39, 0.29) is 0 Å². The van der Waals surface area contributed by atoms with Crippen LogP contribution in [0.4, 0.5) is 0 Å². The fourth-order valence-corrected chi connectivity index (χ4v) is 2.47. The summed E-state index contributed by atoms with van der Waals surface area (Å²) in [7, 11) is 1.63. The number of fused-ring (bicyclic) bond motifs is 1. The van der Waals surface area contributed by atoms with Crippen LogP contribution in [0.1, 0.15) is 0 Å². The maximum absolute atomic E-state index is 5.17. The Morgan fingerprint density at radius 1 is 1.38 bits per heavy atom. The van der Waals surface area contributed by atoms with E-state index in [9.17, 15) is 0 Å². The van der Waals surface area contributed by atoms with Gasteiger partial charge >= 0.3 is 0 Å². The van der Waals surface area contributed by atoms with Crippen molar-refractivity contribution in [1.82, 2.24) is 10.2 Å². The van der Waals surface area contributed by atoms with E-state index in [0.717, 1.165) is 25.7 Å². The first-order valence-corrected chi connectivity index (χ1v) is 5.18. The largest absolute Gasteiger partial charge is 0.494 e. The third-order valence-electron chi connectivity index (χ3n) is 1.80. The van der Waals surface area contributed by atoms with E-state index < -0.39 is 0 Å². The lowest BCUT2D eigenvalue weighted by atomic mass is 10.2. The summed E-state index contributed by atoms with van der Waals surface area (Å²) >= 11 is 6.82. The van der Waals surface area contributed by atoms with Gasteiger partial charge in [0.25, 0.3) is 0 Å². The van der Waals surface area contributed by atoms with Crippen molar-refractivity contribution in [2.45, 2.75) is 0 Å². The van der Waals surface area contributed by atoms with Gasteiger partial charge in [0.2, 0.25) is 0 Å². The molecule has 2 aromatic rings. The van der Waals surface area contributed by atoms with E-state index in [0.29, 0.717) is 0 Å². The topological polar surface area (TPSA) is 37.9 Å². The molecule has 0 aliphatic rings. The van der Waals surface area contributed by atoms with Crippen LogP contribution in [0.2, 0.25) is 0 Å². The molecule has 0 atom stereocenters. The summed E-state index contributed by atoms with van der Waals surface area (Å²) in [5, 5.41) is 7.97. The SMILES string of the molecule is COc1ccc(Br)c2c(Br)[nH]nc12.